The van der Waals surface area contributed by atoms with Crippen molar-refractivity contribution < 1.29 is 4.42 Å². The Labute approximate surface area is 281 Å². The summed E-state index contributed by atoms with van der Waals surface area (Å²) in [6.45, 7) is 0. The minimum atomic E-state index is 0.620. The van der Waals surface area contributed by atoms with E-state index in [1.807, 2.05) is 24.4 Å². The van der Waals surface area contributed by atoms with Gasteiger partial charge in [-0.1, -0.05) is 121 Å². The third kappa shape index (κ3) is 4.55. The quantitative estimate of drug-likeness (QED) is 0.194. The molecule has 0 unspecified atom stereocenters. The zero-order chi connectivity index (χ0) is 32.3. The van der Waals surface area contributed by atoms with Gasteiger partial charge < -0.3 is 4.42 Å². The van der Waals surface area contributed by atoms with Crippen molar-refractivity contribution >= 4 is 54.3 Å². The highest BCUT2D eigenvalue weighted by atomic mass is 16.3. The van der Waals surface area contributed by atoms with Gasteiger partial charge in [-0.3, -0.25) is 4.98 Å². The number of pyridine rings is 1. The predicted octanol–water partition coefficient (Wildman–Crippen LogP) is 11.3. The molecule has 7 aromatic carbocycles. The first-order chi connectivity index (χ1) is 24.3. The summed E-state index contributed by atoms with van der Waals surface area (Å²) >= 11 is 0. The van der Waals surface area contributed by atoms with Crippen LogP contribution in [0.1, 0.15) is 0 Å². The maximum Gasteiger partial charge on any atom is 0.164 e. The number of nitrogens with zero attached hydrogens (tertiary/aromatic N) is 4. The second kappa shape index (κ2) is 10.9. The van der Waals surface area contributed by atoms with Gasteiger partial charge in [-0.2, -0.15) is 0 Å². The molecule has 0 saturated heterocycles. The summed E-state index contributed by atoms with van der Waals surface area (Å²) in [5.74, 6) is 1.88. The first-order valence-electron chi connectivity index (χ1n) is 16.3. The van der Waals surface area contributed by atoms with Gasteiger partial charge in [0, 0.05) is 39.2 Å². The van der Waals surface area contributed by atoms with Crippen molar-refractivity contribution in [2.75, 3.05) is 0 Å². The molecule has 0 bridgehead atoms. The van der Waals surface area contributed by atoms with Crippen molar-refractivity contribution in [1.29, 1.82) is 0 Å². The van der Waals surface area contributed by atoms with Crippen molar-refractivity contribution in [2.24, 2.45) is 0 Å². The van der Waals surface area contributed by atoms with Crippen LogP contribution in [0.15, 0.2) is 162 Å². The number of para-hydroxylation sites is 1. The number of benzene rings is 7. The second-order valence-corrected chi connectivity index (χ2v) is 12.3. The molecule has 0 N–H and O–H groups in total. The third-order valence-electron chi connectivity index (χ3n) is 9.39. The fourth-order valence-electron chi connectivity index (χ4n) is 7.02. The normalized spacial score (nSPS) is 11.7. The van der Waals surface area contributed by atoms with Crippen molar-refractivity contribution in [3.05, 3.63) is 158 Å². The Bertz CT molecular complexity index is 2810. The molecule has 0 aliphatic heterocycles. The molecule has 10 aromatic rings. The summed E-state index contributed by atoms with van der Waals surface area (Å²) in [5, 5.41) is 8.88. The monoisotopic (exact) mass is 626 g/mol. The number of fused-ring (bicyclic) bond motifs is 6. The number of hydrogen-bond acceptors (Lipinski definition) is 5. The van der Waals surface area contributed by atoms with Crippen molar-refractivity contribution in [3.63, 3.8) is 0 Å². The highest BCUT2D eigenvalue weighted by Crippen LogP contribution is 2.41. The van der Waals surface area contributed by atoms with E-state index in [4.69, 9.17) is 19.4 Å². The lowest BCUT2D eigenvalue weighted by Crippen LogP contribution is -2.01. The van der Waals surface area contributed by atoms with Gasteiger partial charge in [0.25, 0.3) is 0 Å². The minimum absolute atomic E-state index is 0.620. The van der Waals surface area contributed by atoms with Crippen LogP contribution >= 0.6 is 0 Å². The summed E-state index contributed by atoms with van der Waals surface area (Å²) in [6, 6.07) is 50.3. The molecule has 0 radical (unpaired) electrons. The van der Waals surface area contributed by atoms with Gasteiger partial charge in [-0.25, -0.2) is 15.0 Å². The molecule has 0 saturated carbocycles. The van der Waals surface area contributed by atoms with E-state index in [9.17, 15) is 0 Å². The van der Waals surface area contributed by atoms with E-state index in [0.29, 0.717) is 17.5 Å². The van der Waals surface area contributed by atoms with Crippen molar-refractivity contribution in [2.45, 2.75) is 0 Å². The van der Waals surface area contributed by atoms with Crippen LogP contribution in [0.25, 0.3) is 99.5 Å². The van der Waals surface area contributed by atoms with E-state index in [0.717, 1.165) is 71.3 Å². The predicted molar refractivity (Wildman–Crippen MR) is 199 cm³/mol. The molecule has 0 aliphatic carbocycles. The molecule has 228 valence electrons. The van der Waals surface area contributed by atoms with Gasteiger partial charge in [0.05, 0.1) is 6.20 Å². The molecule has 3 heterocycles. The van der Waals surface area contributed by atoms with Crippen LogP contribution < -0.4 is 0 Å². The molecule has 3 aromatic heterocycles. The average molecular weight is 627 g/mol. The second-order valence-electron chi connectivity index (χ2n) is 12.3. The van der Waals surface area contributed by atoms with Gasteiger partial charge in [-0.05, 0) is 62.1 Å². The van der Waals surface area contributed by atoms with Crippen LogP contribution in [-0.2, 0) is 0 Å². The lowest BCUT2D eigenvalue weighted by Gasteiger charge is -2.14. The van der Waals surface area contributed by atoms with Crippen molar-refractivity contribution in [1.82, 2.24) is 19.9 Å². The van der Waals surface area contributed by atoms with E-state index in [1.165, 1.54) is 10.8 Å². The molecule has 5 nitrogen and oxygen atoms in total. The van der Waals surface area contributed by atoms with Crippen LogP contribution in [0.3, 0.4) is 0 Å². The van der Waals surface area contributed by atoms with Crippen LogP contribution in [0.2, 0.25) is 0 Å². The smallest absolute Gasteiger partial charge is 0.164 e. The molecule has 0 fully saturated rings. The van der Waals surface area contributed by atoms with E-state index < -0.39 is 0 Å². The SMILES string of the molecule is c1ccc2cc(-c3nc(-c4ccc5ccccc5c4)nc(-c4ccc(-c5cncc6oc7ccccc7c56)c5ccccc45)n3)ccc2c1. The molecule has 0 aliphatic rings. The van der Waals surface area contributed by atoms with Crippen LogP contribution in [0, 0.1) is 0 Å². The number of furan rings is 1. The van der Waals surface area contributed by atoms with Gasteiger partial charge in [0.2, 0.25) is 0 Å². The first kappa shape index (κ1) is 27.4. The van der Waals surface area contributed by atoms with E-state index >= 15 is 0 Å². The maximum absolute atomic E-state index is 6.19. The Kier molecular flexibility index (Phi) is 6.11. The third-order valence-corrected chi connectivity index (χ3v) is 9.39. The summed E-state index contributed by atoms with van der Waals surface area (Å²) in [4.78, 5) is 20.0. The molecule has 10 rings (SSSR count). The molecule has 0 atom stereocenters. The van der Waals surface area contributed by atoms with Gasteiger partial charge >= 0.3 is 0 Å². The average Bonchev–Trinajstić information content (AvgIpc) is 3.56. The standard InChI is InChI=1S/C44H26N4O/c1-3-11-29-23-31(19-17-27(29)9-1)42-46-43(32-20-18-28-10-2-4-12-30(28)24-32)48-44(47-42)36-22-21-35(33-13-5-6-14-34(33)36)38-25-45-26-40-41(38)37-15-7-8-16-39(37)49-40/h1-26H. The maximum atomic E-state index is 6.19. The summed E-state index contributed by atoms with van der Waals surface area (Å²) < 4.78 is 6.19. The van der Waals surface area contributed by atoms with Crippen LogP contribution in [-0.4, -0.2) is 19.9 Å². The van der Waals surface area contributed by atoms with Gasteiger partial charge in [0.1, 0.15) is 5.58 Å². The van der Waals surface area contributed by atoms with Gasteiger partial charge in [0.15, 0.2) is 23.1 Å². The number of rotatable bonds is 4. The zero-order valence-electron chi connectivity index (χ0n) is 26.2. The summed E-state index contributed by atoms with van der Waals surface area (Å²) in [7, 11) is 0. The summed E-state index contributed by atoms with van der Waals surface area (Å²) in [5.41, 5.74) is 6.52. The van der Waals surface area contributed by atoms with E-state index in [-0.39, 0.29) is 0 Å². The Balaban J connectivity index is 1.21. The zero-order valence-corrected chi connectivity index (χ0v) is 26.2. The topological polar surface area (TPSA) is 64.7 Å². The lowest BCUT2D eigenvalue weighted by molar-refractivity contribution is 0.667. The number of aromatic nitrogens is 4. The van der Waals surface area contributed by atoms with E-state index in [1.54, 1.807) is 6.20 Å². The van der Waals surface area contributed by atoms with Crippen LogP contribution in [0.5, 0.6) is 0 Å². The molecule has 49 heavy (non-hydrogen) atoms. The molecule has 0 spiro atoms. The highest BCUT2D eigenvalue weighted by molar-refractivity contribution is 6.16. The minimum Gasteiger partial charge on any atom is -0.454 e. The van der Waals surface area contributed by atoms with Crippen LogP contribution in [0.4, 0.5) is 0 Å². The Morgan fingerprint density at radius 2 is 0.898 bits per heavy atom. The molecule has 5 heteroatoms. The molecular formula is C44H26N4O. The molecule has 0 amide bonds. The Hall–Kier alpha value is -6.72. The molecular weight excluding hydrogens is 601 g/mol. The lowest BCUT2D eigenvalue weighted by atomic mass is 9.93. The highest BCUT2D eigenvalue weighted by Gasteiger charge is 2.19. The Morgan fingerprint density at radius 1 is 0.367 bits per heavy atom. The largest absolute Gasteiger partial charge is 0.454 e. The first-order valence-corrected chi connectivity index (χ1v) is 16.3. The summed E-state index contributed by atoms with van der Waals surface area (Å²) in [6.07, 6.45) is 3.73. The van der Waals surface area contributed by atoms with Crippen molar-refractivity contribution in [3.8, 4) is 45.3 Å². The fraction of sp³-hybridized carbons (Fsp3) is 0. The van der Waals surface area contributed by atoms with Gasteiger partial charge in [-0.15, -0.1) is 0 Å². The number of hydrogen-bond donors (Lipinski definition) is 0. The fourth-order valence-corrected chi connectivity index (χ4v) is 7.02. The van der Waals surface area contributed by atoms with E-state index in [2.05, 4.69) is 132 Å². The Morgan fingerprint density at radius 3 is 1.57 bits per heavy atom.